The lowest BCUT2D eigenvalue weighted by Gasteiger charge is -2.32. The Balaban J connectivity index is 2.68. The van der Waals surface area contributed by atoms with Crippen LogP contribution in [0.5, 0.6) is 0 Å². The van der Waals surface area contributed by atoms with Crippen LogP contribution in [-0.4, -0.2) is 22.2 Å². The molecule has 0 aromatic rings. The van der Waals surface area contributed by atoms with Crippen LogP contribution >= 0.6 is 0 Å². The highest BCUT2D eigenvalue weighted by Gasteiger charge is 2.40. The summed E-state index contributed by atoms with van der Waals surface area (Å²) in [6.45, 7) is 3.52. The van der Waals surface area contributed by atoms with Gasteiger partial charge in [-0.2, -0.15) is 0 Å². The van der Waals surface area contributed by atoms with Gasteiger partial charge in [0.05, 0.1) is 11.3 Å². The first kappa shape index (κ1) is 10.8. The van der Waals surface area contributed by atoms with Crippen LogP contribution in [0.3, 0.4) is 0 Å². The number of carboxylic acid groups (broad SMARTS) is 2. The molecule has 1 aliphatic rings. The molecular formula is C10H14O4. The van der Waals surface area contributed by atoms with Crippen LogP contribution in [0.15, 0.2) is 12.7 Å². The molecule has 0 atom stereocenters. The van der Waals surface area contributed by atoms with Crippen molar-refractivity contribution < 1.29 is 19.8 Å². The van der Waals surface area contributed by atoms with E-state index in [1.165, 1.54) is 6.08 Å². The van der Waals surface area contributed by atoms with Gasteiger partial charge in [-0.25, -0.2) is 0 Å². The Morgan fingerprint density at radius 2 is 1.79 bits per heavy atom. The molecule has 0 bridgehead atoms. The second-order valence-corrected chi connectivity index (χ2v) is 3.78. The highest BCUT2D eigenvalue weighted by Crippen LogP contribution is 2.40. The van der Waals surface area contributed by atoms with Gasteiger partial charge >= 0.3 is 11.9 Å². The zero-order chi connectivity index (χ0) is 10.8. The predicted octanol–water partition coefficient (Wildman–Crippen LogP) is 1.52. The van der Waals surface area contributed by atoms with Crippen molar-refractivity contribution in [1.29, 1.82) is 0 Å². The molecular weight excluding hydrogens is 184 g/mol. The van der Waals surface area contributed by atoms with Crippen molar-refractivity contribution in [3.05, 3.63) is 12.7 Å². The minimum absolute atomic E-state index is 0.378. The Bertz CT molecular complexity index is 261. The fraction of sp³-hybridized carbons (Fsp3) is 0.600. The van der Waals surface area contributed by atoms with E-state index in [4.69, 9.17) is 10.2 Å². The zero-order valence-corrected chi connectivity index (χ0v) is 7.90. The van der Waals surface area contributed by atoms with Crippen molar-refractivity contribution in [2.75, 3.05) is 0 Å². The molecule has 4 heteroatoms. The van der Waals surface area contributed by atoms with E-state index in [2.05, 4.69) is 6.58 Å². The monoisotopic (exact) mass is 198 g/mol. The molecule has 2 N–H and O–H groups in total. The van der Waals surface area contributed by atoms with Crippen molar-refractivity contribution in [1.82, 2.24) is 0 Å². The molecule has 0 heterocycles. The van der Waals surface area contributed by atoms with E-state index in [0.717, 1.165) is 0 Å². The average Bonchev–Trinajstić information content (AvgIpc) is 2.17. The van der Waals surface area contributed by atoms with Gasteiger partial charge in [0.1, 0.15) is 0 Å². The van der Waals surface area contributed by atoms with Crippen LogP contribution in [0, 0.1) is 11.3 Å². The Hall–Kier alpha value is -1.32. The molecule has 4 nitrogen and oxygen atoms in total. The standard InChI is InChI=1S/C10H14O4/c1-2-10(9(13)14)5-3-7(4-6-10)8(11)12/h2,7H,1,3-6H2,(H,11,12)(H,13,14). The molecule has 1 aliphatic carbocycles. The number of carboxylic acids is 2. The van der Waals surface area contributed by atoms with Crippen LogP contribution in [-0.2, 0) is 9.59 Å². The number of hydrogen-bond acceptors (Lipinski definition) is 2. The number of hydrogen-bond donors (Lipinski definition) is 2. The van der Waals surface area contributed by atoms with Crippen molar-refractivity contribution in [2.45, 2.75) is 25.7 Å². The van der Waals surface area contributed by atoms with Crippen LogP contribution in [0.1, 0.15) is 25.7 Å². The minimum Gasteiger partial charge on any atom is -0.481 e. The van der Waals surface area contributed by atoms with Crippen molar-refractivity contribution >= 4 is 11.9 Å². The van der Waals surface area contributed by atoms with E-state index >= 15 is 0 Å². The molecule has 1 saturated carbocycles. The molecule has 0 spiro atoms. The largest absolute Gasteiger partial charge is 0.481 e. The smallest absolute Gasteiger partial charge is 0.313 e. The van der Waals surface area contributed by atoms with E-state index in [9.17, 15) is 9.59 Å². The van der Waals surface area contributed by atoms with Crippen molar-refractivity contribution in [3.8, 4) is 0 Å². The predicted molar refractivity (Wildman–Crippen MR) is 49.9 cm³/mol. The van der Waals surface area contributed by atoms with Crippen LogP contribution < -0.4 is 0 Å². The zero-order valence-electron chi connectivity index (χ0n) is 7.90. The molecule has 0 saturated heterocycles. The van der Waals surface area contributed by atoms with Crippen molar-refractivity contribution in [2.24, 2.45) is 11.3 Å². The first-order valence-electron chi connectivity index (χ1n) is 4.61. The first-order valence-corrected chi connectivity index (χ1v) is 4.61. The van der Waals surface area contributed by atoms with Gasteiger partial charge in [0.2, 0.25) is 0 Å². The summed E-state index contributed by atoms with van der Waals surface area (Å²) in [7, 11) is 0. The van der Waals surface area contributed by atoms with Gasteiger partial charge in [-0.3, -0.25) is 9.59 Å². The number of aliphatic carboxylic acids is 2. The van der Waals surface area contributed by atoms with Gasteiger partial charge < -0.3 is 10.2 Å². The summed E-state index contributed by atoms with van der Waals surface area (Å²) in [5.74, 6) is -2.10. The fourth-order valence-electron chi connectivity index (χ4n) is 1.89. The lowest BCUT2D eigenvalue weighted by Crippen LogP contribution is -2.35. The minimum atomic E-state index is -0.897. The summed E-state index contributed by atoms with van der Waals surface area (Å²) in [4.78, 5) is 21.6. The lowest BCUT2D eigenvalue weighted by atomic mass is 9.70. The van der Waals surface area contributed by atoms with Gasteiger partial charge in [0.25, 0.3) is 0 Å². The van der Waals surface area contributed by atoms with Gasteiger partial charge in [-0.05, 0) is 25.7 Å². The summed E-state index contributed by atoms with van der Waals surface area (Å²) in [6, 6.07) is 0. The quantitative estimate of drug-likeness (QED) is 0.674. The molecule has 1 rings (SSSR count). The highest BCUT2D eigenvalue weighted by molar-refractivity contribution is 5.78. The maximum Gasteiger partial charge on any atom is 0.313 e. The molecule has 78 valence electrons. The van der Waals surface area contributed by atoms with Gasteiger partial charge in [-0.15, -0.1) is 6.58 Å². The molecule has 1 fully saturated rings. The molecule has 0 unspecified atom stereocenters. The Morgan fingerprint density at radius 3 is 2.07 bits per heavy atom. The van der Waals surface area contributed by atoms with Gasteiger partial charge in [0, 0.05) is 0 Å². The summed E-state index contributed by atoms with van der Waals surface area (Å²) < 4.78 is 0. The summed E-state index contributed by atoms with van der Waals surface area (Å²) in [5.41, 5.74) is -0.897. The highest BCUT2D eigenvalue weighted by atomic mass is 16.4. The van der Waals surface area contributed by atoms with Gasteiger partial charge in [-0.1, -0.05) is 6.08 Å². The Morgan fingerprint density at radius 1 is 1.29 bits per heavy atom. The summed E-state index contributed by atoms with van der Waals surface area (Å²) in [6.07, 6.45) is 3.04. The molecule has 0 amide bonds. The van der Waals surface area contributed by atoms with E-state index < -0.39 is 17.4 Å². The van der Waals surface area contributed by atoms with Crippen LogP contribution in [0.4, 0.5) is 0 Å². The topological polar surface area (TPSA) is 74.6 Å². The van der Waals surface area contributed by atoms with Crippen LogP contribution in [0.2, 0.25) is 0 Å². The van der Waals surface area contributed by atoms with E-state index in [0.29, 0.717) is 25.7 Å². The second-order valence-electron chi connectivity index (χ2n) is 3.78. The fourth-order valence-corrected chi connectivity index (χ4v) is 1.89. The molecule has 0 radical (unpaired) electrons. The molecule has 0 aromatic heterocycles. The number of rotatable bonds is 3. The van der Waals surface area contributed by atoms with Crippen LogP contribution in [0.25, 0.3) is 0 Å². The molecule has 14 heavy (non-hydrogen) atoms. The third kappa shape index (κ3) is 1.78. The third-order valence-corrected chi connectivity index (χ3v) is 3.04. The van der Waals surface area contributed by atoms with E-state index in [1.54, 1.807) is 0 Å². The first-order chi connectivity index (χ1) is 6.52. The number of carbonyl (C=O) groups is 2. The normalized spacial score (nSPS) is 32.1. The molecule has 0 aromatic carbocycles. The summed E-state index contributed by atoms with van der Waals surface area (Å²) >= 11 is 0. The Labute approximate surface area is 82.2 Å². The summed E-state index contributed by atoms with van der Waals surface area (Å²) in [5, 5.41) is 17.7. The lowest BCUT2D eigenvalue weighted by molar-refractivity contribution is -0.152. The average molecular weight is 198 g/mol. The van der Waals surface area contributed by atoms with E-state index in [-0.39, 0.29) is 5.92 Å². The SMILES string of the molecule is C=CC1(C(=O)O)CCC(C(=O)O)CC1. The third-order valence-electron chi connectivity index (χ3n) is 3.04. The van der Waals surface area contributed by atoms with E-state index in [1.807, 2.05) is 0 Å². The molecule has 0 aliphatic heterocycles. The van der Waals surface area contributed by atoms with Gasteiger partial charge in [0.15, 0.2) is 0 Å². The maximum absolute atomic E-state index is 11.0. The van der Waals surface area contributed by atoms with Crippen molar-refractivity contribution in [3.63, 3.8) is 0 Å². The maximum atomic E-state index is 11.0. The second kappa shape index (κ2) is 3.82. The Kier molecular flexibility index (Phi) is 2.93.